The number of aryl methyl sites for hydroxylation is 7. The van der Waals surface area contributed by atoms with Crippen molar-refractivity contribution in [2.24, 2.45) is 0 Å². The van der Waals surface area contributed by atoms with Crippen LogP contribution in [-0.4, -0.2) is 56.8 Å². The molecule has 0 saturated carbocycles. The fourth-order valence-corrected chi connectivity index (χ4v) is 5.13. The average molecular weight is 638 g/mol. The summed E-state index contributed by atoms with van der Waals surface area (Å²) in [6.45, 7) is 13.6. The number of aromatic nitrogens is 6. The first kappa shape index (κ1) is 34.3. The smallest absolute Gasteiger partial charge is 0.143 e. The Labute approximate surface area is 275 Å². The quantitative estimate of drug-likeness (QED) is 0.145. The van der Waals surface area contributed by atoms with Crippen LogP contribution in [0.4, 0.5) is 5.69 Å². The number of aromatic hydroxyl groups is 3. The molecule has 3 aromatic carbocycles. The maximum absolute atomic E-state index is 9.91. The summed E-state index contributed by atoms with van der Waals surface area (Å²) in [5.41, 5.74) is 10.5. The third-order valence-corrected chi connectivity index (χ3v) is 7.33. The molecule has 0 radical (unpaired) electrons. The average Bonchev–Trinajstić information content (AvgIpc) is 3.67. The summed E-state index contributed by atoms with van der Waals surface area (Å²) in [7, 11) is 1.82. The van der Waals surface area contributed by atoms with Gasteiger partial charge in [-0.05, 0) is 114 Å². The number of nitrogens with zero attached hydrogens (tertiary/aromatic N) is 6. The number of nitrogens with one attached hydrogen (secondary N) is 1. The van der Waals surface area contributed by atoms with Crippen LogP contribution in [0.5, 0.6) is 17.2 Å². The Hall–Kier alpha value is -5.55. The van der Waals surface area contributed by atoms with E-state index in [0.29, 0.717) is 16.9 Å². The summed E-state index contributed by atoms with van der Waals surface area (Å²) < 4.78 is 5.19. The lowest BCUT2D eigenvalue weighted by molar-refractivity contribution is 0.281. The van der Waals surface area contributed by atoms with E-state index in [0.717, 1.165) is 51.1 Å². The van der Waals surface area contributed by atoms with Crippen LogP contribution >= 0.6 is 0 Å². The molecule has 3 heterocycles. The fourth-order valence-electron chi connectivity index (χ4n) is 5.13. The molecule has 0 fully saturated rings. The predicted octanol–water partition coefficient (Wildman–Crippen LogP) is 6.43. The Bertz CT molecular complexity index is 1890. The molecule has 11 heteroatoms. The summed E-state index contributed by atoms with van der Waals surface area (Å²) in [6.07, 6.45) is 0. The van der Waals surface area contributed by atoms with Crippen molar-refractivity contribution in [1.82, 2.24) is 29.3 Å². The number of hydrogen-bond donors (Lipinski definition) is 5. The number of anilines is 1. The van der Waals surface area contributed by atoms with Gasteiger partial charge < -0.3 is 25.7 Å². The summed E-state index contributed by atoms with van der Waals surface area (Å²) in [4.78, 5) is 0. The summed E-state index contributed by atoms with van der Waals surface area (Å²) in [6, 6.07) is 21.9. The van der Waals surface area contributed by atoms with Crippen LogP contribution in [0.3, 0.4) is 0 Å². The van der Waals surface area contributed by atoms with Gasteiger partial charge in [-0.3, -0.25) is 0 Å². The minimum absolute atomic E-state index is 0.0784. The fraction of sp³-hybridized carbons (Fsp3) is 0.250. The first-order valence-corrected chi connectivity index (χ1v) is 15.1. The number of aliphatic hydroxyl groups excluding tert-OH is 1. The van der Waals surface area contributed by atoms with Crippen molar-refractivity contribution in [3.05, 3.63) is 118 Å². The van der Waals surface area contributed by atoms with E-state index in [1.54, 1.807) is 44.4 Å². The van der Waals surface area contributed by atoms with E-state index in [9.17, 15) is 15.3 Å². The van der Waals surface area contributed by atoms with E-state index < -0.39 is 0 Å². The molecule has 47 heavy (non-hydrogen) atoms. The van der Waals surface area contributed by atoms with Crippen molar-refractivity contribution in [2.75, 3.05) is 12.4 Å². The van der Waals surface area contributed by atoms with E-state index in [1.165, 1.54) is 0 Å². The Balaban J connectivity index is 0.000000160. The van der Waals surface area contributed by atoms with Gasteiger partial charge in [0.2, 0.25) is 0 Å². The Morgan fingerprint density at radius 2 is 1.00 bits per heavy atom. The first-order chi connectivity index (χ1) is 22.3. The van der Waals surface area contributed by atoms with Gasteiger partial charge in [0, 0.05) is 35.9 Å². The van der Waals surface area contributed by atoms with Crippen molar-refractivity contribution in [1.29, 1.82) is 0 Å². The zero-order valence-electron chi connectivity index (χ0n) is 28.1. The molecule has 11 nitrogen and oxygen atoms in total. The minimum atomic E-state index is -0.0784. The molecule has 0 atom stereocenters. The molecular weight excluding hydrogens is 594 g/mol. The maximum Gasteiger partial charge on any atom is 0.143 e. The Morgan fingerprint density at radius 3 is 1.40 bits per heavy atom. The summed E-state index contributed by atoms with van der Waals surface area (Å²) in [5, 5.41) is 54.4. The first-order valence-electron chi connectivity index (χ1n) is 15.1. The molecule has 3 aromatic heterocycles. The highest BCUT2D eigenvalue weighted by Crippen LogP contribution is 2.27. The molecule has 0 aliphatic rings. The van der Waals surface area contributed by atoms with Crippen molar-refractivity contribution >= 4 is 5.69 Å². The van der Waals surface area contributed by atoms with Crippen LogP contribution in [0.15, 0.2) is 72.8 Å². The molecule has 0 spiro atoms. The number of hydrogen-bond acceptors (Lipinski definition) is 8. The number of phenolic OH excluding ortho intramolecular Hbond substituents is 3. The molecule has 6 aromatic rings. The number of benzene rings is 3. The molecule has 5 N–H and O–H groups in total. The monoisotopic (exact) mass is 637 g/mol. The van der Waals surface area contributed by atoms with Crippen LogP contribution in [0, 0.1) is 48.5 Å². The molecule has 0 aliphatic heterocycles. The number of phenols is 3. The molecule has 0 bridgehead atoms. The molecule has 246 valence electrons. The van der Waals surface area contributed by atoms with E-state index in [-0.39, 0.29) is 23.9 Å². The lowest BCUT2D eigenvalue weighted by Crippen LogP contribution is -2.00. The highest BCUT2D eigenvalue weighted by atomic mass is 16.3. The van der Waals surface area contributed by atoms with Crippen LogP contribution in [0.25, 0.3) is 17.1 Å². The SMILES string of the molecule is CNc1ccc(-n2nc(C)cc2C)c(O)c1.Cc1cc(C)n(-c2ccc(CO)cc2O)n1.Cc1ccc(O)c(-n2nc(C)cc2C)c1. The van der Waals surface area contributed by atoms with Crippen LogP contribution in [0.2, 0.25) is 0 Å². The lowest BCUT2D eigenvalue weighted by Gasteiger charge is -2.08. The van der Waals surface area contributed by atoms with E-state index in [2.05, 4.69) is 20.6 Å². The van der Waals surface area contributed by atoms with Gasteiger partial charge in [0.05, 0.1) is 23.7 Å². The third-order valence-electron chi connectivity index (χ3n) is 7.33. The van der Waals surface area contributed by atoms with Gasteiger partial charge in [0.15, 0.2) is 0 Å². The second-order valence-electron chi connectivity index (χ2n) is 11.4. The van der Waals surface area contributed by atoms with Crippen LogP contribution in [-0.2, 0) is 6.61 Å². The summed E-state index contributed by atoms with van der Waals surface area (Å²) in [5.74, 6) is 0.600. The van der Waals surface area contributed by atoms with Gasteiger partial charge in [0.25, 0.3) is 0 Å². The lowest BCUT2D eigenvalue weighted by atomic mass is 10.2. The van der Waals surface area contributed by atoms with Gasteiger partial charge in [0.1, 0.15) is 34.3 Å². The molecule has 0 aliphatic carbocycles. The van der Waals surface area contributed by atoms with Crippen molar-refractivity contribution < 1.29 is 20.4 Å². The van der Waals surface area contributed by atoms with E-state index in [1.807, 2.05) is 98.0 Å². The molecule has 0 amide bonds. The van der Waals surface area contributed by atoms with Gasteiger partial charge in [-0.25, -0.2) is 14.0 Å². The topological polar surface area (TPSA) is 146 Å². The van der Waals surface area contributed by atoms with Crippen LogP contribution < -0.4 is 5.32 Å². The van der Waals surface area contributed by atoms with Crippen molar-refractivity contribution in [3.8, 4) is 34.3 Å². The highest BCUT2D eigenvalue weighted by molar-refractivity contribution is 5.57. The van der Waals surface area contributed by atoms with E-state index in [4.69, 9.17) is 5.11 Å². The van der Waals surface area contributed by atoms with Gasteiger partial charge >= 0.3 is 0 Å². The molecule has 0 saturated heterocycles. The molecule has 0 unspecified atom stereocenters. The van der Waals surface area contributed by atoms with E-state index >= 15 is 0 Å². The summed E-state index contributed by atoms with van der Waals surface area (Å²) >= 11 is 0. The third kappa shape index (κ3) is 8.19. The maximum atomic E-state index is 9.91. The zero-order valence-corrected chi connectivity index (χ0v) is 28.1. The Kier molecular flexibility index (Phi) is 10.7. The van der Waals surface area contributed by atoms with Crippen molar-refractivity contribution in [3.63, 3.8) is 0 Å². The van der Waals surface area contributed by atoms with Gasteiger partial charge in [-0.15, -0.1) is 0 Å². The second-order valence-corrected chi connectivity index (χ2v) is 11.4. The predicted molar refractivity (Wildman–Crippen MR) is 184 cm³/mol. The molecule has 6 rings (SSSR count). The normalized spacial score (nSPS) is 10.6. The largest absolute Gasteiger partial charge is 0.506 e. The van der Waals surface area contributed by atoms with Gasteiger partial charge in [-0.2, -0.15) is 15.3 Å². The van der Waals surface area contributed by atoms with Crippen LogP contribution in [0.1, 0.15) is 45.3 Å². The number of rotatable bonds is 5. The highest BCUT2D eigenvalue weighted by Gasteiger charge is 2.11. The van der Waals surface area contributed by atoms with Gasteiger partial charge in [-0.1, -0.05) is 12.1 Å². The molecular formula is C36H43N7O4. The minimum Gasteiger partial charge on any atom is -0.506 e. The zero-order chi connectivity index (χ0) is 34.4. The Morgan fingerprint density at radius 1 is 0.532 bits per heavy atom. The number of aliphatic hydroxyl groups is 1. The standard InChI is InChI=1S/C12H15N3O.C12H14N2O2.C12H14N2O/c1-8-6-9(2)15(14-8)11-5-4-10(13-3)7-12(11)16;1-8-5-9(2)14(13-8)11-4-3-10(7-15)6-12(11)16;1-8-4-5-12(15)11(6-8)14-10(3)7-9(2)13-14/h4-7,13,16H,1-3H3;3-6,15-16H,7H2,1-2H3;4-7,15H,1-3H3. The second kappa shape index (κ2) is 14.7. The van der Waals surface area contributed by atoms with Crippen molar-refractivity contribution in [2.45, 2.75) is 55.1 Å².